The number of para-hydroxylation sites is 1. The van der Waals surface area contributed by atoms with E-state index in [1.807, 2.05) is 84.9 Å². The summed E-state index contributed by atoms with van der Waals surface area (Å²) in [5.41, 5.74) is 3.64. The van der Waals surface area contributed by atoms with Crippen LogP contribution in [0.2, 0.25) is 0 Å². The van der Waals surface area contributed by atoms with Gasteiger partial charge in [0.2, 0.25) is 0 Å². The third-order valence-corrected chi connectivity index (χ3v) is 4.61. The molecule has 1 N–H and O–H groups in total. The van der Waals surface area contributed by atoms with Crippen molar-refractivity contribution >= 4 is 11.6 Å². The Balaban J connectivity index is 1.63. The van der Waals surface area contributed by atoms with E-state index in [1.54, 1.807) is 10.9 Å². The minimum Gasteiger partial charge on any atom is -0.494 e. The van der Waals surface area contributed by atoms with Gasteiger partial charge in [-0.15, -0.1) is 0 Å². The number of ether oxygens (including phenoxy) is 1. The molecule has 30 heavy (non-hydrogen) atoms. The Morgan fingerprint density at radius 2 is 1.60 bits per heavy atom. The van der Waals surface area contributed by atoms with Crippen LogP contribution in [0.25, 0.3) is 16.9 Å². The molecular weight excluding hydrogens is 374 g/mol. The van der Waals surface area contributed by atoms with Gasteiger partial charge in [0.15, 0.2) is 0 Å². The quantitative estimate of drug-likeness (QED) is 0.443. The number of hydrogen-bond donors (Lipinski definition) is 1. The second-order valence-electron chi connectivity index (χ2n) is 6.86. The zero-order chi connectivity index (χ0) is 20.8. The number of carbonyl (C=O) groups is 1. The van der Waals surface area contributed by atoms with Gasteiger partial charge in [-0.2, -0.15) is 5.10 Å². The lowest BCUT2D eigenvalue weighted by molar-refractivity contribution is 0.102. The molecule has 150 valence electrons. The molecular formula is C25H23N3O2. The normalized spacial score (nSPS) is 10.6. The molecule has 3 aromatic carbocycles. The number of rotatable bonds is 7. The van der Waals surface area contributed by atoms with Crippen molar-refractivity contribution in [1.29, 1.82) is 0 Å². The fraction of sp³-hybridized carbons (Fsp3) is 0.120. The standard InChI is InChI=1S/C25H23N3O2/c1-2-17-30-22-15-13-20(14-16-22)26-25(29)23-18-28(21-11-7-4-8-12-21)27-24(23)19-9-5-3-6-10-19/h3-16,18H,2,17H2,1H3,(H,26,29). The first-order chi connectivity index (χ1) is 14.7. The van der Waals surface area contributed by atoms with E-state index in [2.05, 4.69) is 12.2 Å². The molecule has 0 radical (unpaired) electrons. The predicted molar refractivity (Wildman–Crippen MR) is 119 cm³/mol. The van der Waals surface area contributed by atoms with Gasteiger partial charge in [-0.1, -0.05) is 55.5 Å². The number of nitrogens with one attached hydrogen (secondary N) is 1. The first-order valence-corrected chi connectivity index (χ1v) is 9.99. The molecule has 1 amide bonds. The SMILES string of the molecule is CCCOc1ccc(NC(=O)c2cn(-c3ccccc3)nc2-c2ccccc2)cc1. The van der Waals surface area contributed by atoms with E-state index in [0.29, 0.717) is 23.6 Å². The molecule has 0 spiro atoms. The summed E-state index contributed by atoms with van der Waals surface area (Å²) in [5.74, 6) is 0.579. The van der Waals surface area contributed by atoms with Gasteiger partial charge < -0.3 is 10.1 Å². The van der Waals surface area contributed by atoms with Gasteiger partial charge in [0.05, 0.1) is 17.9 Å². The molecule has 4 aromatic rings. The molecule has 0 atom stereocenters. The van der Waals surface area contributed by atoms with Gasteiger partial charge in [-0.25, -0.2) is 4.68 Å². The first kappa shape index (κ1) is 19.5. The van der Waals surface area contributed by atoms with E-state index >= 15 is 0 Å². The highest BCUT2D eigenvalue weighted by Crippen LogP contribution is 2.25. The molecule has 0 saturated heterocycles. The van der Waals surface area contributed by atoms with Crippen LogP contribution in [-0.2, 0) is 0 Å². The molecule has 0 fully saturated rings. The summed E-state index contributed by atoms with van der Waals surface area (Å²) in [5, 5.41) is 7.67. The molecule has 5 heteroatoms. The second-order valence-corrected chi connectivity index (χ2v) is 6.86. The average Bonchev–Trinajstić information content (AvgIpc) is 3.26. The number of hydrogen-bond acceptors (Lipinski definition) is 3. The van der Waals surface area contributed by atoms with E-state index in [-0.39, 0.29) is 5.91 Å². The lowest BCUT2D eigenvalue weighted by atomic mass is 10.1. The Bertz CT molecular complexity index is 1100. The Kier molecular flexibility index (Phi) is 5.90. The van der Waals surface area contributed by atoms with Crippen LogP contribution in [0.3, 0.4) is 0 Å². The van der Waals surface area contributed by atoms with Gasteiger partial charge in [-0.05, 0) is 42.8 Å². The van der Waals surface area contributed by atoms with Crippen molar-refractivity contribution in [3.63, 3.8) is 0 Å². The smallest absolute Gasteiger partial charge is 0.259 e. The van der Waals surface area contributed by atoms with Crippen molar-refractivity contribution in [2.45, 2.75) is 13.3 Å². The summed E-state index contributed by atoms with van der Waals surface area (Å²) in [6.07, 6.45) is 2.72. The molecule has 0 aliphatic heterocycles. The Morgan fingerprint density at radius 3 is 2.27 bits per heavy atom. The molecule has 0 aliphatic carbocycles. The van der Waals surface area contributed by atoms with Crippen molar-refractivity contribution in [2.75, 3.05) is 11.9 Å². The van der Waals surface area contributed by atoms with Crippen molar-refractivity contribution in [1.82, 2.24) is 9.78 Å². The molecule has 0 saturated carbocycles. The van der Waals surface area contributed by atoms with Gasteiger partial charge in [0, 0.05) is 17.4 Å². The largest absolute Gasteiger partial charge is 0.494 e. The fourth-order valence-electron chi connectivity index (χ4n) is 3.12. The number of aromatic nitrogens is 2. The predicted octanol–water partition coefficient (Wildman–Crippen LogP) is 5.58. The van der Waals surface area contributed by atoms with Gasteiger partial charge in [0.25, 0.3) is 5.91 Å². The molecule has 4 rings (SSSR count). The number of benzene rings is 3. The number of anilines is 1. The fourth-order valence-corrected chi connectivity index (χ4v) is 3.12. The maximum atomic E-state index is 13.1. The monoisotopic (exact) mass is 397 g/mol. The zero-order valence-electron chi connectivity index (χ0n) is 16.8. The Labute approximate surface area is 175 Å². The molecule has 0 unspecified atom stereocenters. The topological polar surface area (TPSA) is 56.1 Å². The van der Waals surface area contributed by atoms with Crippen LogP contribution in [0, 0.1) is 0 Å². The third kappa shape index (κ3) is 4.41. The summed E-state index contributed by atoms with van der Waals surface area (Å²) in [7, 11) is 0. The number of amides is 1. The van der Waals surface area contributed by atoms with Crippen molar-refractivity contribution in [3.05, 3.63) is 96.7 Å². The Hall–Kier alpha value is -3.86. The van der Waals surface area contributed by atoms with Crippen molar-refractivity contribution < 1.29 is 9.53 Å². The molecule has 0 bridgehead atoms. The summed E-state index contributed by atoms with van der Waals surface area (Å²) < 4.78 is 7.34. The van der Waals surface area contributed by atoms with E-state index < -0.39 is 0 Å². The lowest BCUT2D eigenvalue weighted by Crippen LogP contribution is -2.12. The van der Waals surface area contributed by atoms with Gasteiger partial charge >= 0.3 is 0 Å². The summed E-state index contributed by atoms with van der Waals surface area (Å²) in [6, 6.07) is 26.9. The van der Waals surface area contributed by atoms with Crippen LogP contribution in [0.4, 0.5) is 5.69 Å². The maximum absolute atomic E-state index is 13.1. The van der Waals surface area contributed by atoms with Crippen molar-refractivity contribution in [2.24, 2.45) is 0 Å². The highest BCUT2D eigenvalue weighted by Gasteiger charge is 2.18. The second kappa shape index (κ2) is 9.09. The van der Waals surface area contributed by atoms with E-state index in [1.165, 1.54) is 0 Å². The van der Waals surface area contributed by atoms with Crippen LogP contribution in [0.5, 0.6) is 5.75 Å². The summed E-state index contributed by atoms with van der Waals surface area (Å²) in [6.45, 7) is 2.74. The molecule has 1 aromatic heterocycles. The van der Waals surface area contributed by atoms with Crippen LogP contribution >= 0.6 is 0 Å². The average molecular weight is 397 g/mol. The summed E-state index contributed by atoms with van der Waals surface area (Å²) >= 11 is 0. The van der Waals surface area contributed by atoms with E-state index in [0.717, 1.165) is 23.4 Å². The van der Waals surface area contributed by atoms with Crippen LogP contribution in [-0.4, -0.2) is 22.3 Å². The van der Waals surface area contributed by atoms with Crippen molar-refractivity contribution in [3.8, 4) is 22.7 Å². The summed E-state index contributed by atoms with van der Waals surface area (Å²) in [4.78, 5) is 13.1. The van der Waals surface area contributed by atoms with E-state index in [9.17, 15) is 4.79 Å². The Morgan fingerprint density at radius 1 is 0.933 bits per heavy atom. The van der Waals surface area contributed by atoms with Crippen LogP contribution in [0.1, 0.15) is 23.7 Å². The molecule has 0 aliphatic rings. The zero-order valence-corrected chi connectivity index (χ0v) is 16.8. The molecule has 1 heterocycles. The highest BCUT2D eigenvalue weighted by atomic mass is 16.5. The maximum Gasteiger partial charge on any atom is 0.259 e. The van der Waals surface area contributed by atoms with Crippen LogP contribution < -0.4 is 10.1 Å². The minimum atomic E-state index is -0.210. The molecule has 5 nitrogen and oxygen atoms in total. The third-order valence-electron chi connectivity index (χ3n) is 4.61. The number of carbonyl (C=O) groups excluding carboxylic acids is 1. The van der Waals surface area contributed by atoms with Gasteiger partial charge in [0.1, 0.15) is 11.4 Å². The first-order valence-electron chi connectivity index (χ1n) is 9.99. The number of nitrogens with zero attached hydrogens (tertiary/aromatic N) is 2. The lowest BCUT2D eigenvalue weighted by Gasteiger charge is -2.08. The minimum absolute atomic E-state index is 0.210. The van der Waals surface area contributed by atoms with Crippen LogP contribution in [0.15, 0.2) is 91.1 Å². The van der Waals surface area contributed by atoms with Gasteiger partial charge in [-0.3, -0.25) is 4.79 Å². The van der Waals surface area contributed by atoms with E-state index in [4.69, 9.17) is 9.84 Å². The highest BCUT2D eigenvalue weighted by molar-refractivity contribution is 6.08.